The average Bonchev–Trinajstić information content (AvgIpc) is 2.55. The Hall–Kier alpha value is -0.860. The highest BCUT2D eigenvalue weighted by Gasteiger charge is 2.35. The number of carbonyl (C=O) groups is 1. The Bertz CT molecular complexity index is 717. The van der Waals surface area contributed by atoms with E-state index in [0.717, 1.165) is 4.90 Å². The SMILES string of the molecule is C[C@@H](C(=O)N(C)C)[NH+]1CCN(S(=O)(=O)c2ccc(Cl)c(Cl)c2)CC1. The lowest BCUT2D eigenvalue weighted by molar-refractivity contribution is -0.917. The lowest BCUT2D eigenvalue weighted by atomic mass is 10.2. The lowest BCUT2D eigenvalue weighted by Crippen LogP contribution is -3.19. The molecule has 0 aliphatic carbocycles. The summed E-state index contributed by atoms with van der Waals surface area (Å²) in [6.07, 6.45) is 0. The zero-order chi connectivity index (χ0) is 18.1. The number of sulfonamides is 1. The van der Waals surface area contributed by atoms with E-state index < -0.39 is 10.0 Å². The van der Waals surface area contributed by atoms with E-state index >= 15 is 0 Å². The Morgan fingerprint density at radius 1 is 1.21 bits per heavy atom. The Morgan fingerprint density at radius 3 is 2.29 bits per heavy atom. The molecule has 134 valence electrons. The van der Waals surface area contributed by atoms with Crippen LogP contribution in [0.2, 0.25) is 10.0 Å². The molecule has 1 aliphatic heterocycles. The highest BCUT2D eigenvalue weighted by Crippen LogP contribution is 2.26. The number of nitrogens with one attached hydrogen (secondary N) is 1. The summed E-state index contributed by atoms with van der Waals surface area (Å²) in [4.78, 5) is 14.9. The Labute approximate surface area is 153 Å². The largest absolute Gasteiger partial charge is 0.344 e. The average molecular weight is 395 g/mol. The number of carbonyl (C=O) groups excluding carboxylic acids is 1. The first-order valence-electron chi connectivity index (χ1n) is 7.65. The van der Waals surface area contributed by atoms with Crippen molar-refractivity contribution in [1.82, 2.24) is 9.21 Å². The molecule has 0 radical (unpaired) electrons. The smallest absolute Gasteiger partial charge is 0.280 e. The number of halogens is 2. The van der Waals surface area contributed by atoms with Crippen LogP contribution in [0.15, 0.2) is 23.1 Å². The van der Waals surface area contributed by atoms with Gasteiger partial charge in [0.05, 0.1) is 41.1 Å². The minimum absolute atomic E-state index is 0.0470. The predicted octanol–water partition coefficient (Wildman–Crippen LogP) is 0.359. The third kappa shape index (κ3) is 4.03. The zero-order valence-corrected chi connectivity index (χ0v) is 16.2. The van der Waals surface area contributed by atoms with Gasteiger partial charge < -0.3 is 9.80 Å². The van der Waals surface area contributed by atoms with Crippen molar-refractivity contribution in [3.05, 3.63) is 28.2 Å². The van der Waals surface area contributed by atoms with E-state index in [9.17, 15) is 13.2 Å². The van der Waals surface area contributed by atoms with Gasteiger partial charge >= 0.3 is 0 Å². The second-order valence-electron chi connectivity index (χ2n) is 6.09. The third-order valence-corrected chi connectivity index (χ3v) is 6.95. The standard InChI is InChI=1S/C15H21Cl2N3O3S/c1-11(15(21)18(2)3)19-6-8-20(9-7-19)24(22,23)12-4-5-13(16)14(17)10-12/h4-5,10-11H,6-9H2,1-3H3/p+1/t11-/m0/s1. The Balaban J connectivity index is 2.08. The van der Waals surface area contributed by atoms with Crippen molar-refractivity contribution in [3.8, 4) is 0 Å². The van der Waals surface area contributed by atoms with Gasteiger partial charge in [0.25, 0.3) is 5.91 Å². The number of hydrogen-bond donors (Lipinski definition) is 1. The molecule has 24 heavy (non-hydrogen) atoms. The van der Waals surface area contributed by atoms with Crippen LogP contribution in [0.3, 0.4) is 0 Å². The summed E-state index contributed by atoms with van der Waals surface area (Å²) in [5.74, 6) is 0.0470. The minimum atomic E-state index is -3.61. The second-order valence-corrected chi connectivity index (χ2v) is 8.84. The maximum absolute atomic E-state index is 12.7. The molecule has 0 aromatic heterocycles. The molecule has 9 heteroatoms. The number of amides is 1. The molecular weight excluding hydrogens is 373 g/mol. The van der Waals surface area contributed by atoms with Gasteiger partial charge in [-0.2, -0.15) is 4.31 Å². The molecule has 0 spiro atoms. The van der Waals surface area contributed by atoms with Gasteiger partial charge in [-0.3, -0.25) is 4.79 Å². The van der Waals surface area contributed by atoms with Crippen LogP contribution in [-0.2, 0) is 14.8 Å². The van der Waals surface area contributed by atoms with E-state index in [1.54, 1.807) is 19.0 Å². The number of piperazine rings is 1. The van der Waals surface area contributed by atoms with E-state index in [0.29, 0.717) is 31.2 Å². The topological polar surface area (TPSA) is 62.1 Å². The summed E-state index contributed by atoms with van der Waals surface area (Å²) in [6.45, 7) is 3.77. The number of benzene rings is 1. The molecule has 1 heterocycles. The van der Waals surface area contributed by atoms with Crippen molar-refractivity contribution in [3.63, 3.8) is 0 Å². The van der Waals surface area contributed by atoms with Crippen LogP contribution in [-0.4, -0.2) is 69.8 Å². The summed E-state index contributed by atoms with van der Waals surface area (Å²) in [5, 5.41) is 0.535. The monoisotopic (exact) mass is 394 g/mol. The summed E-state index contributed by atoms with van der Waals surface area (Å²) >= 11 is 11.8. The van der Waals surface area contributed by atoms with Gasteiger partial charge in [-0.25, -0.2) is 8.42 Å². The number of quaternary nitrogens is 1. The van der Waals surface area contributed by atoms with Crippen molar-refractivity contribution < 1.29 is 18.1 Å². The second kappa shape index (κ2) is 7.58. The van der Waals surface area contributed by atoms with E-state index in [-0.39, 0.29) is 21.9 Å². The van der Waals surface area contributed by atoms with Crippen LogP contribution in [0, 0.1) is 0 Å². The Morgan fingerprint density at radius 2 is 1.79 bits per heavy atom. The third-order valence-electron chi connectivity index (χ3n) is 4.32. The van der Waals surface area contributed by atoms with Gasteiger partial charge in [0, 0.05) is 14.1 Å². The van der Waals surface area contributed by atoms with Gasteiger partial charge in [-0.1, -0.05) is 23.2 Å². The normalized spacial score (nSPS) is 18.4. The van der Waals surface area contributed by atoms with Gasteiger partial charge in [0.15, 0.2) is 6.04 Å². The molecule has 0 saturated carbocycles. The van der Waals surface area contributed by atoms with Crippen molar-refractivity contribution in [2.75, 3.05) is 40.3 Å². The van der Waals surface area contributed by atoms with Gasteiger partial charge in [0.2, 0.25) is 10.0 Å². The minimum Gasteiger partial charge on any atom is -0.344 e. The van der Waals surface area contributed by atoms with Crippen LogP contribution in [0.25, 0.3) is 0 Å². The number of hydrogen-bond acceptors (Lipinski definition) is 3. The van der Waals surface area contributed by atoms with Crippen LogP contribution in [0.1, 0.15) is 6.92 Å². The van der Waals surface area contributed by atoms with Crippen LogP contribution in [0.5, 0.6) is 0 Å². The predicted molar refractivity (Wildman–Crippen MR) is 94.1 cm³/mol. The summed E-state index contributed by atoms with van der Waals surface area (Å²) in [7, 11) is -0.155. The molecule has 0 unspecified atom stereocenters. The zero-order valence-electron chi connectivity index (χ0n) is 13.9. The molecule has 1 aliphatic rings. The number of likely N-dealkylation sites (N-methyl/N-ethyl adjacent to an activating group) is 1. The molecule has 1 fully saturated rings. The number of nitrogens with zero attached hydrogens (tertiary/aromatic N) is 2. The lowest BCUT2D eigenvalue weighted by Gasteiger charge is -2.34. The Kier molecular flexibility index (Phi) is 6.14. The van der Waals surface area contributed by atoms with E-state index in [4.69, 9.17) is 23.2 Å². The van der Waals surface area contributed by atoms with E-state index in [1.165, 1.54) is 22.5 Å². The van der Waals surface area contributed by atoms with Crippen molar-refractivity contribution in [1.29, 1.82) is 0 Å². The van der Waals surface area contributed by atoms with Gasteiger partial charge in [-0.05, 0) is 25.1 Å². The first-order valence-corrected chi connectivity index (χ1v) is 9.85. The first-order chi connectivity index (χ1) is 11.1. The van der Waals surface area contributed by atoms with Crippen molar-refractivity contribution >= 4 is 39.1 Å². The fourth-order valence-electron chi connectivity index (χ4n) is 2.80. The van der Waals surface area contributed by atoms with Gasteiger partial charge in [0.1, 0.15) is 0 Å². The fourth-order valence-corrected chi connectivity index (χ4v) is 4.63. The molecule has 2 rings (SSSR count). The van der Waals surface area contributed by atoms with Gasteiger partial charge in [-0.15, -0.1) is 0 Å². The highest BCUT2D eigenvalue weighted by atomic mass is 35.5. The van der Waals surface area contributed by atoms with Crippen LogP contribution in [0.4, 0.5) is 0 Å². The van der Waals surface area contributed by atoms with E-state index in [2.05, 4.69) is 0 Å². The van der Waals surface area contributed by atoms with Crippen molar-refractivity contribution in [2.45, 2.75) is 17.9 Å². The summed E-state index contributed by atoms with van der Waals surface area (Å²) in [6, 6.07) is 4.13. The van der Waals surface area contributed by atoms with Crippen molar-refractivity contribution in [2.24, 2.45) is 0 Å². The molecule has 0 bridgehead atoms. The molecule has 1 amide bonds. The molecular formula is C15H22Cl2N3O3S+. The number of rotatable bonds is 4. The maximum atomic E-state index is 12.7. The molecule has 1 atom stereocenters. The summed E-state index contributed by atoms with van der Waals surface area (Å²) in [5.41, 5.74) is 0. The molecule has 1 N–H and O–H groups in total. The quantitative estimate of drug-likeness (QED) is 0.801. The van der Waals surface area contributed by atoms with Crippen LogP contribution < -0.4 is 4.90 Å². The van der Waals surface area contributed by atoms with Crippen LogP contribution >= 0.6 is 23.2 Å². The fraction of sp³-hybridized carbons (Fsp3) is 0.533. The molecule has 1 aromatic rings. The first kappa shape index (κ1) is 19.5. The molecule has 1 aromatic carbocycles. The molecule has 6 nitrogen and oxygen atoms in total. The van der Waals surface area contributed by atoms with E-state index in [1.807, 2.05) is 6.92 Å². The highest BCUT2D eigenvalue weighted by molar-refractivity contribution is 7.89. The molecule has 1 saturated heterocycles. The summed E-state index contributed by atoms with van der Waals surface area (Å²) < 4.78 is 26.9. The maximum Gasteiger partial charge on any atom is 0.280 e.